The van der Waals surface area contributed by atoms with E-state index >= 15 is 0 Å². The maximum Gasteiger partial charge on any atom is 0.254 e. The van der Waals surface area contributed by atoms with Gasteiger partial charge in [0, 0.05) is 30.5 Å². The van der Waals surface area contributed by atoms with E-state index in [1.54, 1.807) is 18.7 Å². The number of likely N-dealkylation sites (tertiary alicyclic amines) is 1. The van der Waals surface area contributed by atoms with Gasteiger partial charge in [-0.3, -0.25) is 14.4 Å². The number of ether oxygens (including phenoxy) is 3. The van der Waals surface area contributed by atoms with Crippen LogP contribution in [0.15, 0.2) is 59.6 Å². The number of carbonyl (C=O) groups is 3. The van der Waals surface area contributed by atoms with E-state index in [1.807, 2.05) is 47.4 Å². The molecular weight excluding hydrogens is 701 g/mol. The zero-order valence-electron chi connectivity index (χ0n) is 26.5. The van der Waals surface area contributed by atoms with E-state index in [0.29, 0.717) is 51.6 Å². The Morgan fingerprint density at radius 3 is 2.50 bits per heavy atom. The summed E-state index contributed by atoms with van der Waals surface area (Å²) >= 11 is 2.33. The van der Waals surface area contributed by atoms with E-state index < -0.39 is 35.7 Å². The molecule has 0 radical (unpaired) electrons. The van der Waals surface area contributed by atoms with Crippen LogP contribution in [0.4, 0.5) is 0 Å². The topological polar surface area (TPSA) is 136 Å². The van der Waals surface area contributed by atoms with Gasteiger partial charge in [0.1, 0.15) is 18.7 Å². The highest BCUT2D eigenvalue weighted by molar-refractivity contribution is 14.1. The van der Waals surface area contributed by atoms with E-state index in [-0.39, 0.29) is 25.0 Å². The molecule has 0 unspecified atom stereocenters. The molecule has 2 saturated heterocycles. The Kier molecular flexibility index (Phi) is 11.7. The van der Waals surface area contributed by atoms with Crippen LogP contribution in [-0.4, -0.2) is 103 Å². The third-order valence-corrected chi connectivity index (χ3v) is 9.63. The minimum atomic E-state index is -1.15. The zero-order valence-corrected chi connectivity index (χ0v) is 28.7. The minimum absolute atomic E-state index is 0.0902. The second-order valence-corrected chi connectivity index (χ2v) is 13.0. The number of nitrogens with one attached hydrogen (secondary N) is 1. The average molecular weight is 746 g/mol. The highest BCUT2D eigenvalue weighted by Crippen LogP contribution is 2.32. The van der Waals surface area contributed by atoms with Crippen molar-refractivity contribution in [3.8, 4) is 0 Å². The molecule has 46 heavy (non-hydrogen) atoms. The fraction of sp³-hybridized carbons (Fsp3) is 0.529. The van der Waals surface area contributed by atoms with Gasteiger partial charge in [0.2, 0.25) is 17.7 Å². The molecule has 3 amide bonds. The summed E-state index contributed by atoms with van der Waals surface area (Å²) in [6.07, 6.45) is 1.10. The summed E-state index contributed by atoms with van der Waals surface area (Å²) in [7, 11) is 0. The maximum atomic E-state index is 14.2. The third kappa shape index (κ3) is 8.07. The van der Waals surface area contributed by atoms with Crippen LogP contribution in [0, 0.1) is 0 Å². The van der Waals surface area contributed by atoms with E-state index in [9.17, 15) is 14.4 Å². The Morgan fingerprint density at radius 1 is 1.07 bits per heavy atom. The predicted molar refractivity (Wildman–Crippen MR) is 182 cm³/mol. The molecule has 2 aromatic carbocycles. The highest BCUT2D eigenvalue weighted by atomic mass is 127. The van der Waals surface area contributed by atoms with Gasteiger partial charge >= 0.3 is 0 Å². The van der Waals surface area contributed by atoms with Crippen molar-refractivity contribution in [2.24, 2.45) is 10.7 Å². The number of amides is 3. The second-order valence-electron chi connectivity index (χ2n) is 12.3. The number of carbonyl (C=O) groups excluding carboxylic acids is 3. The van der Waals surface area contributed by atoms with Crippen LogP contribution < -0.4 is 11.1 Å². The molecule has 2 fully saturated rings. The molecule has 3 heterocycles. The monoisotopic (exact) mass is 745 g/mol. The number of halogens is 1. The van der Waals surface area contributed by atoms with Gasteiger partial charge in [0.15, 0.2) is 5.54 Å². The van der Waals surface area contributed by atoms with Gasteiger partial charge in [-0.2, -0.15) is 0 Å². The quantitative estimate of drug-likeness (QED) is 0.252. The molecule has 0 bridgehead atoms. The summed E-state index contributed by atoms with van der Waals surface area (Å²) in [6, 6.07) is 15.6. The smallest absolute Gasteiger partial charge is 0.254 e. The molecule has 11 nitrogen and oxygen atoms in total. The minimum Gasteiger partial charge on any atom is -0.476 e. The van der Waals surface area contributed by atoms with Crippen molar-refractivity contribution in [1.29, 1.82) is 0 Å². The van der Waals surface area contributed by atoms with Crippen molar-refractivity contribution < 1.29 is 28.6 Å². The van der Waals surface area contributed by atoms with E-state index in [2.05, 4.69) is 40.0 Å². The Morgan fingerprint density at radius 2 is 1.78 bits per heavy atom. The molecule has 2 aromatic rings. The molecule has 3 aliphatic rings. The number of hydrogen-bond donors (Lipinski definition) is 2. The second kappa shape index (κ2) is 15.7. The van der Waals surface area contributed by atoms with Crippen molar-refractivity contribution in [1.82, 2.24) is 15.1 Å². The molecule has 5 rings (SSSR count). The molecule has 12 heteroatoms. The van der Waals surface area contributed by atoms with Crippen LogP contribution in [0.5, 0.6) is 0 Å². The van der Waals surface area contributed by atoms with Crippen molar-refractivity contribution in [2.75, 3.05) is 39.5 Å². The first-order chi connectivity index (χ1) is 22.2. The van der Waals surface area contributed by atoms with Crippen molar-refractivity contribution in [3.05, 3.63) is 71.3 Å². The first-order valence-corrected chi connectivity index (χ1v) is 17.5. The summed E-state index contributed by atoms with van der Waals surface area (Å²) in [5.74, 6) is -0.447. The number of rotatable bonds is 12. The maximum absolute atomic E-state index is 14.2. The molecular formula is C34H44IN5O6. The summed E-state index contributed by atoms with van der Waals surface area (Å²) in [6.45, 7) is 6.14. The third-order valence-electron chi connectivity index (χ3n) is 8.75. The van der Waals surface area contributed by atoms with Crippen LogP contribution >= 0.6 is 22.6 Å². The number of nitrogens with zero attached hydrogens (tertiary/aromatic N) is 3. The van der Waals surface area contributed by atoms with Gasteiger partial charge in [-0.05, 0) is 43.4 Å². The van der Waals surface area contributed by atoms with Crippen LogP contribution in [0.1, 0.15) is 43.4 Å². The first kappa shape index (κ1) is 34.3. The Hall–Kier alpha value is -3.07. The van der Waals surface area contributed by atoms with Gasteiger partial charge in [-0.1, -0.05) is 77.2 Å². The summed E-state index contributed by atoms with van der Waals surface area (Å²) in [5, 5.41) is 2.83. The fourth-order valence-corrected chi connectivity index (χ4v) is 6.64. The van der Waals surface area contributed by atoms with Crippen molar-refractivity contribution >= 4 is 46.2 Å². The Balaban J connectivity index is 1.40. The van der Waals surface area contributed by atoms with Gasteiger partial charge in [-0.15, -0.1) is 0 Å². The van der Waals surface area contributed by atoms with Crippen LogP contribution in [0.3, 0.4) is 0 Å². The van der Waals surface area contributed by atoms with Crippen LogP contribution in [0.25, 0.3) is 0 Å². The molecule has 0 saturated carbocycles. The lowest BCUT2D eigenvalue weighted by Gasteiger charge is -2.33. The lowest BCUT2D eigenvalue weighted by atomic mass is 9.90. The average Bonchev–Trinajstić information content (AvgIpc) is 3.74. The standard InChI is InChI=1S/C34H44IN5O6/c1-23(36)30(41)37-29(24(2)45-21-25-8-4-3-5-9-25)32(42)40-13-7-12-28(40)31-38-34(22-46-31,33(43)39-14-16-44-17-15-39)19-26-10-6-11-27(18-26)20-35/h3-6,8-11,18,23-24,28-29H,7,12-17,19-22,36H2,1-2H3,(H,37,41)/t23-,24+,28-,29-,34+/m0/s1. The SMILES string of the molecule is C[C@H](N)C(=O)N[C@H](C(=O)N1CCC[C@H]1C1=N[C@@](Cc2cccc(CI)c2)(C(=O)N2CCOCC2)CO1)[C@@H](C)OCc1ccccc1. The number of aliphatic imine (C=N–C) groups is 1. The molecule has 3 aliphatic heterocycles. The molecule has 5 atom stereocenters. The number of benzene rings is 2. The normalized spacial score (nSPS) is 23.3. The summed E-state index contributed by atoms with van der Waals surface area (Å²) < 4.78 is 18.7. The predicted octanol–water partition coefficient (Wildman–Crippen LogP) is 2.62. The van der Waals surface area contributed by atoms with Gasteiger partial charge in [0.25, 0.3) is 5.91 Å². The van der Waals surface area contributed by atoms with E-state index in [4.69, 9.17) is 24.9 Å². The summed E-state index contributed by atoms with van der Waals surface area (Å²) in [5.41, 5.74) is 7.85. The summed E-state index contributed by atoms with van der Waals surface area (Å²) in [4.78, 5) is 49.7. The largest absolute Gasteiger partial charge is 0.476 e. The molecule has 248 valence electrons. The van der Waals surface area contributed by atoms with Gasteiger partial charge in [0.05, 0.1) is 32.0 Å². The molecule has 0 aliphatic carbocycles. The van der Waals surface area contributed by atoms with Crippen molar-refractivity contribution in [3.63, 3.8) is 0 Å². The number of alkyl halides is 1. The lowest BCUT2D eigenvalue weighted by Crippen LogP contribution is -2.58. The van der Waals surface area contributed by atoms with Crippen LogP contribution in [-0.2, 0) is 46.0 Å². The Bertz CT molecular complexity index is 1400. The highest BCUT2D eigenvalue weighted by Gasteiger charge is 2.50. The number of nitrogens with two attached hydrogens (primary N) is 1. The molecule has 0 spiro atoms. The Labute approximate surface area is 284 Å². The fourth-order valence-electron chi connectivity index (χ4n) is 6.17. The van der Waals surface area contributed by atoms with Gasteiger partial charge < -0.3 is 35.1 Å². The first-order valence-electron chi connectivity index (χ1n) is 16.0. The molecule has 0 aromatic heterocycles. The zero-order chi connectivity index (χ0) is 32.7. The number of hydrogen-bond acceptors (Lipinski definition) is 8. The molecule has 3 N–H and O–H groups in total. The lowest BCUT2D eigenvalue weighted by molar-refractivity contribution is -0.142. The van der Waals surface area contributed by atoms with Crippen LogP contribution in [0.2, 0.25) is 0 Å². The number of morpholine rings is 1. The van der Waals surface area contributed by atoms with Gasteiger partial charge in [-0.25, -0.2) is 4.99 Å². The van der Waals surface area contributed by atoms with Crippen molar-refractivity contribution in [2.45, 2.75) is 73.9 Å². The van der Waals surface area contributed by atoms with E-state index in [0.717, 1.165) is 22.0 Å². The van der Waals surface area contributed by atoms with E-state index in [1.165, 1.54) is 5.56 Å².